The van der Waals surface area contributed by atoms with Crippen molar-refractivity contribution < 1.29 is 0 Å². The van der Waals surface area contributed by atoms with Crippen molar-refractivity contribution in [2.75, 3.05) is 9.80 Å². The Morgan fingerprint density at radius 2 is 0.577 bits per heavy atom. The maximum Gasteiger partial charge on any atom is 0.0618 e. The molecule has 2 nitrogen and oxygen atoms in total. The summed E-state index contributed by atoms with van der Waals surface area (Å²) in [5, 5.41) is 0.658. The smallest absolute Gasteiger partial charge is 0.0618 e. The lowest BCUT2D eigenvalue weighted by molar-refractivity contribution is 0.590. The van der Waals surface area contributed by atoms with Gasteiger partial charge >= 0.3 is 0 Å². The number of nitrogens with zero attached hydrogens (tertiary/aromatic N) is 2. The maximum absolute atomic E-state index is 7.09. The molecular formula is C68H59ClN2. The first-order chi connectivity index (χ1) is 34.4. The van der Waals surface area contributed by atoms with E-state index in [-0.39, 0.29) is 10.8 Å². The number of halogens is 1. The van der Waals surface area contributed by atoms with Gasteiger partial charge in [0.05, 0.1) is 11.4 Å². The third-order valence-electron chi connectivity index (χ3n) is 13.3. The van der Waals surface area contributed by atoms with E-state index in [0.717, 1.165) is 89.8 Å². The molecule has 10 rings (SSSR count). The van der Waals surface area contributed by atoms with Gasteiger partial charge in [-0.05, 0) is 128 Å². The molecule has 348 valence electrons. The van der Waals surface area contributed by atoms with Crippen molar-refractivity contribution in [2.45, 2.75) is 52.4 Å². The van der Waals surface area contributed by atoms with Gasteiger partial charge in [-0.2, -0.15) is 0 Å². The normalized spacial score (nSPS) is 11.6. The number of para-hydroxylation sites is 1. The number of anilines is 6. The summed E-state index contributed by atoms with van der Waals surface area (Å²) in [6.07, 6.45) is 0. The molecule has 3 heteroatoms. The molecule has 0 aliphatic carbocycles. The Kier molecular flexibility index (Phi) is 13.1. The van der Waals surface area contributed by atoms with E-state index in [2.05, 4.69) is 294 Å². The first-order valence-electron chi connectivity index (χ1n) is 24.6. The predicted molar refractivity (Wildman–Crippen MR) is 305 cm³/mol. The lowest BCUT2D eigenvalue weighted by atomic mass is 9.81. The molecule has 0 aliphatic heterocycles. The topological polar surface area (TPSA) is 6.48 Å². The SMILES string of the molecule is CC(C)(C)c1cc(-c2ccccc2)c(N(c2ccccc2)c2cc(-c3ccccc3)cc(N(c3cccc(Cl)c3)c3c(-c4ccccc4)cc(C(C)(C)C)cc3-c3ccccc3)c2)c(-c2ccccc2)c1. The highest BCUT2D eigenvalue weighted by atomic mass is 35.5. The zero-order chi connectivity index (χ0) is 49.1. The predicted octanol–water partition coefficient (Wildman–Crippen LogP) is 20.2. The highest BCUT2D eigenvalue weighted by Crippen LogP contribution is 2.53. The largest absolute Gasteiger partial charge is 0.309 e. The van der Waals surface area contributed by atoms with Crippen LogP contribution >= 0.6 is 11.6 Å². The lowest BCUT2D eigenvalue weighted by Gasteiger charge is -2.35. The van der Waals surface area contributed by atoms with E-state index in [9.17, 15) is 0 Å². The van der Waals surface area contributed by atoms with E-state index in [1.807, 2.05) is 6.07 Å². The van der Waals surface area contributed by atoms with E-state index < -0.39 is 0 Å². The molecule has 0 heterocycles. The van der Waals surface area contributed by atoms with Crippen LogP contribution in [-0.2, 0) is 10.8 Å². The number of hydrogen-bond acceptors (Lipinski definition) is 2. The second kappa shape index (κ2) is 19.8. The summed E-state index contributed by atoms with van der Waals surface area (Å²) in [7, 11) is 0. The number of hydrogen-bond donors (Lipinski definition) is 0. The monoisotopic (exact) mass is 938 g/mol. The van der Waals surface area contributed by atoms with Crippen LogP contribution in [0.4, 0.5) is 34.1 Å². The molecule has 0 saturated heterocycles. The highest BCUT2D eigenvalue weighted by molar-refractivity contribution is 6.31. The molecule has 0 aromatic heterocycles. The van der Waals surface area contributed by atoms with E-state index in [4.69, 9.17) is 11.6 Å². The molecular weight excluding hydrogens is 880 g/mol. The van der Waals surface area contributed by atoms with Gasteiger partial charge in [0.25, 0.3) is 0 Å². The highest BCUT2D eigenvalue weighted by Gasteiger charge is 2.30. The maximum atomic E-state index is 7.09. The van der Waals surface area contributed by atoms with Crippen LogP contribution in [0.5, 0.6) is 0 Å². The van der Waals surface area contributed by atoms with Crippen LogP contribution in [0, 0.1) is 0 Å². The van der Waals surface area contributed by atoms with Crippen molar-refractivity contribution in [3.8, 4) is 55.6 Å². The van der Waals surface area contributed by atoms with Crippen LogP contribution < -0.4 is 9.80 Å². The fraction of sp³-hybridized carbons (Fsp3) is 0.118. The first-order valence-corrected chi connectivity index (χ1v) is 25.0. The van der Waals surface area contributed by atoms with Crippen molar-refractivity contribution >= 4 is 45.7 Å². The van der Waals surface area contributed by atoms with Gasteiger partial charge in [-0.3, -0.25) is 0 Å². The fourth-order valence-corrected chi connectivity index (χ4v) is 9.81. The molecule has 0 aliphatic rings. The Hall–Kier alpha value is -7.91. The minimum absolute atomic E-state index is 0.128. The summed E-state index contributed by atoms with van der Waals surface area (Å²) in [5.41, 5.74) is 19.6. The van der Waals surface area contributed by atoms with Gasteiger partial charge in [-0.15, -0.1) is 0 Å². The molecule has 0 fully saturated rings. The molecule has 0 radical (unpaired) electrons. The minimum atomic E-state index is -0.140. The van der Waals surface area contributed by atoms with Crippen molar-refractivity contribution in [1.29, 1.82) is 0 Å². The van der Waals surface area contributed by atoms with Crippen LogP contribution in [0.1, 0.15) is 52.7 Å². The summed E-state index contributed by atoms with van der Waals surface area (Å²) in [5.74, 6) is 0. The summed E-state index contributed by atoms with van der Waals surface area (Å²) in [6, 6.07) is 90.1. The summed E-state index contributed by atoms with van der Waals surface area (Å²) >= 11 is 7.09. The van der Waals surface area contributed by atoms with Crippen molar-refractivity contribution in [3.63, 3.8) is 0 Å². The quantitative estimate of drug-likeness (QED) is 0.127. The number of benzene rings is 10. The van der Waals surface area contributed by atoms with E-state index >= 15 is 0 Å². The molecule has 10 aromatic rings. The van der Waals surface area contributed by atoms with Crippen LogP contribution in [0.3, 0.4) is 0 Å². The average Bonchev–Trinajstić information content (AvgIpc) is 3.40. The molecule has 0 N–H and O–H groups in total. The Balaban J connectivity index is 1.37. The van der Waals surface area contributed by atoms with Crippen molar-refractivity contribution in [3.05, 3.63) is 265 Å². The Bertz CT molecular complexity index is 3290. The van der Waals surface area contributed by atoms with Gasteiger partial charge in [0.15, 0.2) is 0 Å². The van der Waals surface area contributed by atoms with Crippen LogP contribution in [0.15, 0.2) is 249 Å². The Morgan fingerprint density at radius 1 is 0.268 bits per heavy atom. The zero-order valence-electron chi connectivity index (χ0n) is 41.4. The van der Waals surface area contributed by atoms with Gasteiger partial charge in [0.2, 0.25) is 0 Å². The van der Waals surface area contributed by atoms with Crippen LogP contribution in [-0.4, -0.2) is 0 Å². The molecule has 0 atom stereocenters. The van der Waals surface area contributed by atoms with Gasteiger partial charge in [0, 0.05) is 50.0 Å². The second-order valence-electron chi connectivity index (χ2n) is 20.4. The van der Waals surface area contributed by atoms with Gasteiger partial charge < -0.3 is 9.80 Å². The molecule has 0 amide bonds. The lowest BCUT2D eigenvalue weighted by Crippen LogP contribution is -2.18. The summed E-state index contributed by atoms with van der Waals surface area (Å²) < 4.78 is 0. The Labute approximate surface area is 426 Å². The van der Waals surface area contributed by atoms with Gasteiger partial charge in [-0.25, -0.2) is 0 Å². The molecule has 71 heavy (non-hydrogen) atoms. The first kappa shape index (κ1) is 46.8. The van der Waals surface area contributed by atoms with E-state index in [0.29, 0.717) is 5.02 Å². The van der Waals surface area contributed by atoms with Gasteiger partial charge in [-0.1, -0.05) is 229 Å². The Morgan fingerprint density at radius 3 is 0.915 bits per heavy atom. The average molecular weight is 940 g/mol. The van der Waals surface area contributed by atoms with Gasteiger partial charge in [0.1, 0.15) is 0 Å². The molecule has 0 unspecified atom stereocenters. The van der Waals surface area contributed by atoms with Crippen molar-refractivity contribution in [2.24, 2.45) is 0 Å². The molecule has 10 aromatic carbocycles. The number of rotatable bonds is 11. The minimum Gasteiger partial charge on any atom is -0.309 e. The fourth-order valence-electron chi connectivity index (χ4n) is 9.63. The standard InChI is InChI=1S/C68H59ClN2/c1-67(2,3)54-42-61(49-28-15-8-16-29-49)65(62(43-54)50-30-17-9-18-31-50)70(57-37-23-12-24-38-57)59-40-53(48-26-13-7-14-27-48)41-60(47-59)71(58-39-25-36-56(69)46-58)66-63(51-32-19-10-20-33-51)44-55(68(4,5)6)45-64(66)52-34-21-11-22-35-52/h7-47H,1-6H3. The molecule has 0 saturated carbocycles. The van der Waals surface area contributed by atoms with Crippen molar-refractivity contribution in [1.82, 2.24) is 0 Å². The third kappa shape index (κ3) is 9.95. The summed E-state index contributed by atoms with van der Waals surface area (Å²) in [6.45, 7) is 13.8. The molecule has 0 bridgehead atoms. The summed E-state index contributed by atoms with van der Waals surface area (Å²) in [4.78, 5) is 4.93. The van der Waals surface area contributed by atoms with E-state index in [1.54, 1.807) is 0 Å². The van der Waals surface area contributed by atoms with E-state index in [1.165, 1.54) is 11.1 Å². The zero-order valence-corrected chi connectivity index (χ0v) is 42.2. The second-order valence-corrected chi connectivity index (χ2v) is 20.8. The van der Waals surface area contributed by atoms with Crippen LogP contribution in [0.2, 0.25) is 5.02 Å². The molecule has 0 spiro atoms. The third-order valence-corrected chi connectivity index (χ3v) is 13.6. The van der Waals surface area contributed by atoms with Crippen LogP contribution in [0.25, 0.3) is 55.6 Å².